The number of phenols is 1. The van der Waals surface area contributed by atoms with Crippen molar-refractivity contribution in [1.29, 1.82) is 0 Å². The third-order valence-electron chi connectivity index (χ3n) is 8.87. The number of carbonyl (C=O) groups is 4. The Hall–Kier alpha value is -3.96. The number of ether oxygens (including phenoxy) is 1. The average Bonchev–Trinajstić information content (AvgIpc) is 3.28. The molecule has 11 nitrogen and oxygen atoms in total. The molecule has 3 fully saturated rings. The molecule has 41 heavy (non-hydrogen) atoms. The molecule has 6 atom stereocenters. The van der Waals surface area contributed by atoms with Crippen LogP contribution in [0.2, 0.25) is 0 Å². The maximum Gasteiger partial charge on any atom is 0.269 e. The Kier molecular flexibility index (Phi) is 5.99. The monoisotopic (exact) mass is 599 g/mol. The van der Waals surface area contributed by atoms with E-state index in [0.717, 1.165) is 9.80 Å². The van der Waals surface area contributed by atoms with Gasteiger partial charge in [0.1, 0.15) is 0 Å². The highest BCUT2D eigenvalue weighted by Gasteiger charge is 2.75. The van der Waals surface area contributed by atoms with Crippen LogP contribution in [-0.2, 0) is 19.2 Å². The molecular formula is C28H23Cl2N3O8. The molecule has 1 N–H and O–H groups in total. The number of non-ortho nitro benzene ring substituents is 1. The fraction of sp³-hybridized carbons (Fsp3) is 0.357. The number of amides is 4. The minimum Gasteiger partial charge on any atom is -0.504 e. The number of aromatic hydroxyl groups is 1. The summed E-state index contributed by atoms with van der Waals surface area (Å²) in [6, 6.07) is 9.55. The standard InChI is InChI=1S/C28H23Cl2N3O8/c1-31-25(37)27(29)12-18-16(22(28(27,30)26(31)38)13-3-10-19(34)20(11-13)41-2)8-9-17-21(18)24(36)32(23(17)35)14-4-6-15(7-5-14)33(39)40/h3-8,10-11,17-18,21-22,34H,9,12H2,1-2H3. The Morgan fingerprint density at radius 2 is 1.71 bits per heavy atom. The number of anilines is 1. The lowest BCUT2D eigenvalue weighted by Crippen LogP contribution is -2.60. The fourth-order valence-corrected chi connectivity index (χ4v) is 7.99. The number of nitro benzene ring substituents is 1. The topological polar surface area (TPSA) is 147 Å². The number of fused-ring (bicyclic) bond motifs is 4. The first kappa shape index (κ1) is 27.2. The first-order valence-corrected chi connectivity index (χ1v) is 13.5. The van der Waals surface area contributed by atoms with Crippen LogP contribution in [0.25, 0.3) is 0 Å². The second-order valence-electron chi connectivity index (χ2n) is 10.7. The summed E-state index contributed by atoms with van der Waals surface area (Å²) in [5.41, 5.74) is 1.03. The van der Waals surface area contributed by atoms with Gasteiger partial charge in [-0.1, -0.05) is 17.7 Å². The van der Waals surface area contributed by atoms with E-state index in [-0.39, 0.29) is 35.7 Å². The number of rotatable bonds is 4. The van der Waals surface area contributed by atoms with Crippen LogP contribution >= 0.6 is 23.2 Å². The molecule has 0 radical (unpaired) electrons. The van der Waals surface area contributed by atoms with E-state index < -0.39 is 62.0 Å². The summed E-state index contributed by atoms with van der Waals surface area (Å²) in [5, 5.41) is 21.3. The van der Waals surface area contributed by atoms with Crippen molar-refractivity contribution in [2.75, 3.05) is 19.1 Å². The maximum atomic E-state index is 14.0. The van der Waals surface area contributed by atoms with E-state index in [4.69, 9.17) is 27.9 Å². The smallest absolute Gasteiger partial charge is 0.269 e. The Morgan fingerprint density at radius 3 is 2.34 bits per heavy atom. The fourth-order valence-electron chi connectivity index (χ4n) is 6.97. The Morgan fingerprint density at radius 1 is 1.02 bits per heavy atom. The predicted molar refractivity (Wildman–Crippen MR) is 146 cm³/mol. The normalized spacial score (nSPS) is 32.4. The van der Waals surface area contributed by atoms with Gasteiger partial charge in [-0.25, -0.2) is 0 Å². The highest BCUT2D eigenvalue weighted by atomic mass is 35.5. The SMILES string of the molecule is COc1cc(C2C3=CCC4C(=O)N(c5ccc([N+](=O)[O-])cc5)C(=O)C4C3CC3(Cl)C(=O)N(C)C(=O)C23Cl)ccc1O. The maximum absolute atomic E-state index is 14.0. The predicted octanol–water partition coefficient (Wildman–Crippen LogP) is 3.50. The van der Waals surface area contributed by atoms with Crippen LogP contribution in [0.5, 0.6) is 11.5 Å². The molecule has 0 spiro atoms. The third-order valence-corrected chi connectivity index (χ3v) is 10.3. The minimum absolute atomic E-state index is 0.112. The zero-order chi connectivity index (χ0) is 29.6. The minimum atomic E-state index is -1.96. The number of methoxy groups -OCH3 is 1. The van der Waals surface area contributed by atoms with Crippen LogP contribution in [0.4, 0.5) is 11.4 Å². The average molecular weight is 600 g/mol. The number of alkyl halides is 2. The lowest BCUT2D eigenvalue weighted by molar-refractivity contribution is -0.384. The van der Waals surface area contributed by atoms with Gasteiger partial charge in [0.25, 0.3) is 17.5 Å². The van der Waals surface area contributed by atoms with E-state index in [2.05, 4.69) is 0 Å². The van der Waals surface area contributed by atoms with E-state index in [0.29, 0.717) is 11.1 Å². The van der Waals surface area contributed by atoms with Crippen LogP contribution < -0.4 is 9.64 Å². The lowest BCUT2D eigenvalue weighted by Gasteiger charge is -2.50. The molecule has 13 heteroatoms. The highest BCUT2D eigenvalue weighted by molar-refractivity contribution is 6.53. The van der Waals surface area contributed by atoms with Gasteiger partial charge in [0, 0.05) is 25.1 Å². The number of halogens is 2. The van der Waals surface area contributed by atoms with Crippen molar-refractivity contribution in [2.24, 2.45) is 17.8 Å². The van der Waals surface area contributed by atoms with Crippen molar-refractivity contribution < 1.29 is 33.9 Å². The van der Waals surface area contributed by atoms with Crippen LogP contribution in [0.3, 0.4) is 0 Å². The van der Waals surface area contributed by atoms with Gasteiger partial charge in [-0.2, -0.15) is 0 Å². The number of carbonyl (C=O) groups excluding carboxylic acids is 4. The molecule has 2 aromatic carbocycles. The van der Waals surface area contributed by atoms with Crippen LogP contribution in [0, 0.1) is 27.9 Å². The lowest BCUT2D eigenvalue weighted by atomic mass is 9.56. The van der Waals surface area contributed by atoms with Crippen molar-refractivity contribution in [3.8, 4) is 11.5 Å². The van der Waals surface area contributed by atoms with E-state index in [1.54, 1.807) is 12.1 Å². The van der Waals surface area contributed by atoms with Crippen molar-refractivity contribution in [1.82, 2.24) is 4.90 Å². The van der Waals surface area contributed by atoms with E-state index in [1.165, 1.54) is 50.6 Å². The summed E-state index contributed by atoms with van der Waals surface area (Å²) < 4.78 is 5.28. The zero-order valence-electron chi connectivity index (χ0n) is 21.7. The van der Waals surface area contributed by atoms with Gasteiger partial charge in [-0.3, -0.25) is 39.1 Å². The summed E-state index contributed by atoms with van der Waals surface area (Å²) >= 11 is 14.2. The number of nitrogens with zero attached hydrogens (tertiary/aromatic N) is 3. The number of imide groups is 2. The van der Waals surface area contributed by atoms with Gasteiger partial charge in [-0.15, -0.1) is 23.2 Å². The van der Waals surface area contributed by atoms with Gasteiger partial charge < -0.3 is 9.84 Å². The number of nitro groups is 1. The van der Waals surface area contributed by atoms with Crippen molar-refractivity contribution in [3.05, 3.63) is 69.8 Å². The molecule has 2 aliphatic carbocycles. The molecule has 6 rings (SSSR count). The van der Waals surface area contributed by atoms with Crippen molar-refractivity contribution >= 4 is 58.2 Å². The molecular weight excluding hydrogens is 577 g/mol. The van der Waals surface area contributed by atoms with E-state index in [9.17, 15) is 34.4 Å². The van der Waals surface area contributed by atoms with Gasteiger partial charge in [0.15, 0.2) is 21.2 Å². The molecule has 0 bridgehead atoms. The molecule has 212 valence electrons. The summed E-state index contributed by atoms with van der Waals surface area (Å²) in [7, 11) is 2.66. The molecule has 2 aromatic rings. The number of phenolic OH excluding ortho intramolecular Hbond substituents is 1. The molecule has 1 saturated carbocycles. The summed E-state index contributed by atoms with van der Waals surface area (Å²) in [4.78, 5) is 63.2. The molecule has 2 heterocycles. The Labute approximate surface area is 243 Å². The van der Waals surface area contributed by atoms with E-state index in [1.807, 2.05) is 0 Å². The second-order valence-corrected chi connectivity index (χ2v) is 12.0. The molecule has 2 saturated heterocycles. The number of hydrogen-bond acceptors (Lipinski definition) is 8. The summed E-state index contributed by atoms with van der Waals surface area (Å²) in [6.07, 6.45) is 1.78. The Balaban J connectivity index is 1.49. The quantitative estimate of drug-likeness (QED) is 0.184. The van der Waals surface area contributed by atoms with Crippen LogP contribution in [-0.4, -0.2) is 62.5 Å². The Bertz CT molecular complexity index is 1590. The molecule has 4 aliphatic rings. The molecule has 0 aromatic heterocycles. The zero-order valence-corrected chi connectivity index (χ0v) is 23.3. The summed E-state index contributed by atoms with van der Waals surface area (Å²) in [6.45, 7) is 0. The third kappa shape index (κ3) is 3.45. The highest BCUT2D eigenvalue weighted by Crippen LogP contribution is 2.65. The first-order valence-electron chi connectivity index (χ1n) is 12.8. The second kappa shape index (κ2) is 9.02. The van der Waals surface area contributed by atoms with Crippen LogP contribution in [0.1, 0.15) is 24.3 Å². The van der Waals surface area contributed by atoms with Crippen molar-refractivity contribution in [3.63, 3.8) is 0 Å². The molecule has 2 aliphatic heterocycles. The van der Waals surface area contributed by atoms with Crippen LogP contribution in [0.15, 0.2) is 54.1 Å². The molecule has 4 amide bonds. The first-order chi connectivity index (χ1) is 19.4. The molecule has 6 unspecified atom stereocenters. The number of hydrogen-bond donors (Lipinski definition) is 1. The van der Waals surface area contributed by atoms with Gasteiger partial charge in [0.05, 0.1) is 29.6 Å². The van der Waals surface area contributed by atoms with Crippen molar-refractivity contribution in [2.45, 2.75) is 28.5 Å². The number of likely N-dealkylation sites (tertiary alicyclic amines) is 1. The van der Waals surface area contributed by atoms with Gasteiger partial charge >= 0.3 is 0 Å². The number of allylic oxidation sites excluding steroid dienone is 2. The number of benzene rings is 2. The summed E-state index contributed by atoms with van der Waals surface area (Å²) in [5.74, 6) is -5.84. The van der Waals surface area contributed by atoms with Gasteiger partial charge in [-0.05, 0) is 48.6 Å². The van der Waals surface area contributed by atoms with Gasteiger partial charge in [0.2, 0.25) is 11.8 Å². The van der Waals surface area contributed by atoms with E-state index >= 15 is 0 Å². The largest absolute Gasteiger partial charge is 0.504 e.